The number of para-hydroxylation sites is 1. The van der Waals surface area contributed by atoms with E-state index in [-0.39, 0.29) is 18.0 Å². The van der Waals surface area contributed by atoms with E-state index in [1.54, 1.807) is 0 Å². The van der Waals surface area contributed by atoms with Gasteiger partial charge in [-0.2, -0.15) is 10.4 Å². The van der Waals surface area contributed by atoms with Crippen LogP contribution in [0, 0.1) is 11.3 Å². The standard InChI is InChI=1S/C16H12N4O2S/c17-7-8-20(16-19-13-3-1-2-4-15(13)23-16)18-10-11-9-12(21)5-6-14(11)22/h1-6,9-10,21-22H,8H2. The number of phenols is 2. The Labute approximate surface area is 136 Å². The Hall–Kier alpha value is -3.11. The molecule has 23 heavy (non-hydrogen) atoms. The number of rotatable bonds is 4. The molecule has 0 aliphatic heterocycles. The number of hydrazone groups is 1. The van der Waals surface area contributed by atoms with Crippen molar-refractivity contribution in [1.29, 1.82) is 5.26 Å². The molecule has 7 heteroatoms. The third-order valence-corrected chi connectivity index (χ3v) is 4.12. The van der Waals surface area contributed by atoms with Crippen LogP contribution >= 0.6 is 11.3 Å². The van der Waals surface area contributed by atoms with Crippen LogP contribution in [0.1, 0.15) is 5.56 Å². The Balaban J connectivity index is 1.94. The number of nitriles is 1. The minimum atomic E-state index is -0.00671. The zero-order valence-electron chi connectivity index (χ0n) is 11.9. The minimum Gasteiger partial charge on any atom is -0.508 e. The normalized spacial score (nSPS) is 10.9. The van der Waals surface area contributed by atoms with Crippen LogP contribution in [0.3, 0.4) is 0 Å². The molecule has 0 aliphatic rings. The molecule has 2 aromatic carbocycles. The summed E-state index contributed by atoms with van der Waals surface area (Å²) in [6.07, 6.45) is 1.39. The number of nitrogens with zero attached hydrogens (tertiary/aromatic N) is 4. The molecule has 0 unspecified atom stereocenters. The van der Waals surface area contributed by atoms with Crippen molar-refractivity contribution >= 4 is 32.9 Å². The summed E-state index contributed by atoms with van der Waals surface area (Å²) in [5, 5.41) is 34.5. The van der Waals surface area contributed by atoms with E-state index in [1.807, 2.05) is 30.3 Å². The molecule has 0 saturated carbocycles. The first-order valence-corrected chi connectivity index (χ1v) is 7.55. The van der Waals surface area contributed by atoms with Crippen LogP contribution in [-0.2, 0) is 0 Å². The lowest BCUT2D eigenvalue weighted by Gasteiger charge is -2.11. The van der Waals surface area contributed by atoms with E-state index >= 15 is 0 Å². The van der Waals surface area contributed by atoms with E-state index < -0.39 is 0 Å². The van der Waals surface area contributed by atoms with Crippen molar-refractivity contribution < 1.29 is 10.2 Å². The molecule has 6 nitrogen and oxygen atoms in total. The Morgan fingerprint density at radius 1 is 1.26 bits per heavy atom. The van der Waals surface area contributed by atoms with Crippen molar-refractivity contribution in [3.63, 3.8) is 0 Å². The van der Waals surface area contributed by atoms with Crippen molar-refractivity contribution in [3.8, 4) is 17.6 Å². The Morgan fingerprint density at radius 3 is 2.87 bits per heavy atom. The summed E-state index contributed by atoms with van der Waals surface area (Å²) in [7, 11) is 0. The van der Waals surface area contributed by atoms with Crippen LogP contribution in [0.15, 0.2) is 47.6 Å². The van der Waals surface area contributed by atoms with Gasteiger partial charge in [0.05, 0.1) is 22.5 Å². The molecular formula is C16H12N4O2S. The number of benzene rings is 2. The maximum absolute atomic E-state index is 9.76. The van der Waals surface area contributed by atoms with Gasteiger partial charge < -0.3 is 10.2 Å². The summed E-state index contributed by atoms with van der Waals surface area (Å²) >= 11 is 1.43. The number of fused-ring (bicyclic) bond motifs is 1. The lowest BCUT2D eigenvalue weighted by atomic mass is 10.2. The summed E-state index contributed by atoms with van der Waals surface area (Å²) in [4.78, 5) is 4.45. The lowest BCUT2D eigenvalue weighted by Crippen LogP contribution is -2.16. The number of phenolic OH excluding ortho intramolecular Hbond substituents is 2. The van der Waals surface area contributed by atoms with Crippen molar-refractivity contribution in [2.75, 3.05) is 11.6 Å². The van der Waals surface area contributed by atoms with Gasteiger partial charge in [0.15, 0.2) is 0 Å². The molecule has 3 rings (SSSR count). The quantitative estimate of drug-likeness (QED) is 0.333. The summed E-state index contributed by atoms with van der Waals surface area (Å²) in [5.41, 5.74) is 1.19. The molecule has 1 heterocycles. The van der Waals surface area contributed by atoms with Crippen molar-refractivity contribution in [1.82, 2.24) is 4.98 Å². The van der Waals surface area contributed by atoms with Crippen molar-refractivity contribution in [3.05, 3.63) is 48.0 Å². The largest absolute Gasteiger partial charge is 0.508 e. The molecule has 114 valence electrons. The average molecular weight is 324 g/mol. The third-order valence-electron chi connectivity index (χ3n) is 3.07. The van der Waals surface area contributed by atoms with Crippen LogP contribution in [-0.4, -0.2) is 28.0 Å². The number of aromatic nitrogens is 1. The van der Waals surface area contributed by atoms with E-state index in [9.17, 15) is 10.2 Å². The van der Waals surface area contributed by atoms with Crippen LogP contribution in [0.25, 0.3) is 10.2 Å². The highest BCUT2D eigenvalue weighted by atomic mass is 32.1. The fourth-order valence-corrected chi connectivity index (χ4v) is 2.90. The van der Waals surface area contributed by atoms with Crippen LogP contribution in [0.5, 0.6) is 11.5 Å². The monoisotopic (exact) mass is 324 g/mol. The smallest absolute Gasteiger partial charge is 0.208 e. The number of anilines is 1. The van der Waals surface area contributed by atoms with Crippen molar-refractivity contribution in [2.45, 2.75) is 0 Å². The zero-order valence-corrected chi connectivity index (χ0v) is 12.7. The lowest BCUT2D eigenvalue weighted by molar-refractivity contribution is 0.459. The highest BCUT2D eigenvalue weighted by Crippen LogP contribution is 2.29. The first kappa shape index (κ1) is 14.8. The van der Waals surface area contributed by atoms with Gasteiger partial charge in [0.2, 0.25) is 5.13 Å². The number of thiazole rings is 1. The summed E-state index contributed by atoms with van der Waals surface area (Å²) in [6, 6.07) is 13.9. The molecule has 0 bridgehead atoms. The zero-order chi connectivity index (χ0) is 16.2. The third kappa shape index (κ3) is 3.22. The molecule has 0 saturated heterocycles. The first-order valence-electron chi connectivity index (χ1n) is 6.73. The Kier molecular flexibility index (Phi) is 4.08. The molecule has 0 spiro atoms. The number of aromatic hydroxyl groups is 2. The van der Waals surface area contributed by atoms with Gasteiger partial charge in [-0.15, -0.1) is 0 Å². The first-order chi connectivity index (χ1) is 11.2. The van der Waals surface area contributed by atoms with Crippen LogP contribution in [0.4, 0.5) is 5.13 Å². The maximum Gasteiger partial charge on any atom is 0.208 e. The van der Waals surface area contributed by atoms with Crippen LogP contribution in [0.2, 0.25) is 0 Å². The maximum atomic E-state index is 9.76. The Bertz CT molecular complexity index is 881. The molecule has 2 N–H and O–H groups in total. The van der Waals surface area contributed by atoms with E-state index in [0.717, 1.165) is 10.2 Å². The molecule has 1 aromatic heterocycles. The van der Waals surface area contributed by atoms with Gasteiger partial charge in [0.25, 0.3) is 0 Å². The Morgan fingerprint density at radius 2 is 2.09 bits per heavy atom. The second-order valence-corrected chi connectivity index (χ2v) is 5.68. The molecule has 0 amide bonds. The predicted molar refractivity (Wildman–Crippen MR) is 89.9 cm³/mol. The average Bonchev–Trinajstić information content (AvgIpc) is 2.98. The molecule has 0 radical (unpaired) electrons. The van der Waals surface area contributed by atoms with E-state index in [0.29, 0.717) is 10.7 Å². The molecular weight excluding hydrogens is 312 g/mol. The molecule has 0 atom stereocenters. The van der Waals surface area contributed by atoms with E-state index in [1.165, 1.54) is 40.8 Å². The topological polar surface area (TPSA) is 92.7 Å². The highest BCUT2D eigenvalue weighted by Gasteiger charge is 2.11. The number of hydrogen-bond acceptors (Lipinski definition) is 7. The van der Waals surface area contributed by atoms with Gasteiger partial charge in [-0.05, 0) is 30.3 Å². The van der Waals surface area contributed by atoms with Gasteiger partial charge in [0.1, 0.15) is 18.0 Å². The van der Waals surface area contributed by atoms with Gasteiger partial charge in [0, 0.05) is 5.56 Å². The molecule has 0 aliphatic carbocycles. The highest BCUT2D eigenvalue weighted by molar-refractivity contribution is 7.22. The predicted octanol–water partition coefficient (Wildman–Crippen LogP) is 3.07. The van der Waals surface area contributed by atoms with Crippen LogP contribution < -0.4 is 5.01 Å². The van der Waals surface area contributed by atoms with Gasteiger partial charge in [-0.3, -0.25) is 0 Å². The molecule has 3 aromatic rings. The van der Waals surface area contributed by atoms with Gasteiger partial charge in [-0.1, -0.05) is 23.5 Å². The van der Waals surface area contributed by atoms with E-state index in [2.05, 4.69) is 10.1 Å². The summed E-state index contributed by atoms with van der Waals surface area (Å²) < 4.78 is 1.00. The van der Waals surface area contributed by atoms with Gasteiger partial charge in [-0.25, -0.2) is 9.99 Å². The van der Waals surface area contributed by atoms with Gasteiger partial charge >= 0.3 is 0 Å². The summed E-state index contributed by atoms with van der Waals surface area (Å²) in [5.74, 6) is 0.0174. The fraction of sp³-hybridized carbons (Fsp3) is 0.0625. The fourth-order valence-electron chi connectivity index (χ4n) is 1.97. The van der Waals surface area contributed by atoms with E-state index in [4.69, 9.17) is 5.26 Å². The van der Waals surface area contributed by atoms with Crippen molar-refractivity contribution in [2.24, 2.45) is 5.10 Å². The second kappa shape index (κ2) is 6.34. The summed E-state index contributed by atoms with van der Waals surface area (Å²) in [6.45, 7) is 0.0237. The SMILES string of the molecule is N#CCN(N=Cc1cc(O)ccc1O)c1nc2ccccc2s1. The minimum absolute atomic E-state index is 0.00671. The molecule has 0 fully saturated rings. The number of hydrogen-bond donors (Lipinski definition) is 2. The second-order valence-electron chi connectivity index (χ2n) is 4.67.